The van der Waals surface area contributed by atoms with E-state index in [2.05, 4.69) is 31.4 Å². The fourth-order valence-electron chi connectivity index (χ4n) is 3.24. The molecule has 2 aromatic carbocycles. The molecule has 4 rings (SSSR count). The fourth-order valence-corrected chi connectivity index (χ4v) is 3.53. The van der Waals surface area contributed by atoms with Crippen LogP contribution in [0.4, 0.5) is 5.69 Å². The number of para-hydroxylation sites is 2. The molecule has 0 aliphatic carbocycles. The zero-order valence-electron chi connectivity index (χ0n) is 16.2. The zero-order chi connectivity index (χ0) is 20.9. The van der Waals surface area contributed by atoms with Gasteiger partial charge in [0.15, 0.2) is 0 Å². The lowest BCUT2D eigenvalue weighted by Gasteiger charge is -2.13. The maximum Gasteiger partial charge on any atom is 0.243 e. The van der Waals surface area contributed by atoms with Gasteiger partial charge in [0.05, 0.1) is 34.3 Å². The van der Waals surface area contributed by atoms with Crippen LogP contribution in [-0.2, 0) is 9.59 Å². The number of nitrogens with zero attached hydrogens (tertiary/aromatic N) is 4. The molecule has 0 radical (unpaired) electrons. The molecule has 152 valence electrons. The van der Waals surface area contributed by atoms with Crippen molar-refractivity contribution < 1.29 is 9.59 Å². The van der Waals surface area contributed by atoms with Gasteiger partial charge in [-0.2, -0.15) is 10.2 Å². The van der Waals surface area contributed by atoms with Crippen LogP contribution in [0.1, 0.15) is 24.8 Å². The molecule has 0 saturated carbocycles. The molecule has 3 aromatic rings. The van der Waals surface area contributed by atoms with Gasteiger partial charge < -0.3 is 5.32 Å². The highest BCUT2D eigenvalue weighted by Gasteiger charge is 2.22. The van der Waals surface area contributed by atoms with Crippen LogP contribution >= 0.6 is 15.9 Å². The van der Waals surface area contributed by atoms with E-state index in [-0.39, 0.29) is 24.7 Å². The van der Waals surface area contributed by atoms with E-state index in [4.69, 9.17) is 0 Å². The highest BCUT2D eigenvalue weighted by molar-refractivity contribution is 9.10. The van der Waals surface area contributed by atoms with Crippen LogP contribution in [0.5, 0.6) is 0 Å². The predicted molar refractivity (Wildman–Crippen MR) is 118 cm³/mol. The smallest absolute Gasteiger partial charge is 0.243 e. The highest BCUT2D eigenvalue weighted by Crippen LogP contribution is 2.21. The van der Waals surface area contributed by atoms with Crippen molar-refractivity contribution in [1.29, 1.82) is 0 Å². The Morgan fingerprint density at radius 3 is 2.57 bits per heavy atom. The van der Waals surface area contributed by atoms with E-state index >= 15 is 0 Å². The molecule has 0 unspecified atom stereocenters. The lowest BCUT2D eigenvalue weighted by atomic mass is 10.1. The number of benzene rings is 2. The second-order valence-corrected chi connectivity index (χ2v) is 7.76. The topological polar surface area (TPSA) is 79.6 Å². The van der Waals surface area contributed by atoms with Crippen molar-refractivity contribution in [3.05, 3.63) is 77.0 Å². The van der Waals surface area contributed by atoms with Gasteiger partial charge in [0, 0.05) is 25.5 Å². The fraction of sp³-hybridized carbons (Fsp3) is 0.182. The minimum Gasteiger partial charge on any atom is -0.324 e. The van der Waals surface area contributed by atoms with Gasteiger partial charge in [-0.25, -0.2) is 9.69 Å². The number of amides is 2. The third-order valence-corrected chi connectivity index (χ3v) is 5.15. The number of hydrogen-bond acceptors (Lipinski definition) is 4. The van der Waals surface area contributed by atoms with E-state index < -0.39 is 0 Å². The van der Waals surface area contributed by atoms with E-state index in [1.54, 1.807) is 10.9 Å². The summed E-state index contributed by atoms with van der Waals surface area (Å²) in [4.78, 5) is 24.9. The van der Waals surface area contributed by atoms with Crippen molar-refractivity contribution in [3.8, 4) is 5.69 Å². The number of carbonyl (C=O) groups excluding carboxylic acids is 2. The van der Waals surface area contributed by atoms with Gasteiger partial charge in [0.1, 0.15) is 0 Å². The Morgan fingerprint density at radius 1 is 1.03 bits per heavy atom. The number of rotatable bonds is 6. The number of hydrazone groups is 1. The Hall–Kier alpha value is -3.26. The lowest BCUT2D eigenvalue weighted by molar-refractivity contribution is -0.132. The summed E-state index contributed by atoms with van der Waals surface area (Å²) < 4.78 is 2.52. The van der Waals surface area contributed by atoms with Gasteiger partial charge in [0.25, 0.3) is 0 Å². The summed E-state index contributed by atoms with van der Waals surface area (Å²) >= 11 is 3.37. The van der Waals surface area contributed by atoms with Crippen molar-refractivity contribution in [2.75, 3.05) is 11.9 Å². The van der Waals surface area contributed by atoms with Crippen LogP contribution in [0.2, 0.25) is 0 Å². The van der Waals surface area contributed by atoms with E-state index in [0.29, 0.717) is 12.2 Å². The summed E-state index contributed by atoms with van der Waals surface area (Å²) in [5.41, 5.74) is 3.30. The second kappa shape index (κ2) is 9.04. The number of hydrogen-bond donors (Lipinski definition) is 1. The monoisotopic (exact) mass is 465 g/mol. The van der Waals surface area contributed by atoms with Gasteiger partial charge in [-0.1, -0.05) is 42.5 Å². The van der Waals surface area contributed by atoms with E-state index in [1.165, 1.54) is 5.01 Å². The predicted octanol–water partition coefficient (Wildman–Crippen LogP) is 3.99. The molecule has 7 nitrogen and oxygen atoms in total. The Balaban J connectivity index is 1.35. The molecule has 30 heavy (non-hydrogen) atoms. The molecule has 1 aliphatic rings. The van der Waals surface area contributed by atoms with E-state index in [0.717, 1.165) is 27.9 Å². The van der Waals surface area contributed by atoms with Crippen molar-refractivity contribution in [2.24, 2.45) is 5.10 Å². The summed E-state index contributed by atoms with van der Waals surface area (Å²) in [6.45, 7) is 0.543. The summed E-state index contributed by atoms with van der Waals surface area (Å²) in [6, 6.07) is 17.2. The van der Waals surface area contributed by atoms with Gasteiger partial charge in [-0.3, -0.25) is 9.59 Å². The first kappa shape index (κ1) is 20.0. The Morgan fingerprint density at radius 2 is 1.80 bits per heavy atom. The Labute approximate surface area is 182 Å². The minimum atomic E-state index is -0.228. The normalized spacial score (nSPS) is 13.2. The molecule has 0 atom stereocenters. The van der Waals surface area contributed by atoms with E-state index in [9.17, 15) is 9.59 Å². The third-order valence-electron chi connectivity index (χ3n) is 4.74. The number of aromatic nitrogens is 2. The standard InChI is InChI=1S/C22H20BrN5O2/c23-17-14-24-28(15-17)20-9-5-4-8-19(20)25-21(29)10-11-22(30)27-13-12-18(26-27)16-6-2-1-3-7-16/h1-9,14-15H,10-13H2,(H,25,29). The number of anilines is 1. The molecule has 2 amide bonds. The number of carbonyl (C=O) groups is 2. The molecule has 1 N–H and O–H groups in total. The average molecular weight is 466 g/mol. The van der Waals surface area contributed by atoms with Gasteiger partial charge >= 0.3 is 0 Å². The van der Waals surface area contributed by atoms with Crippen molar-refractivity contribution in [2.45, 2.75) is 19.3 Å². The Bertz CT molecular complexity index is 1090. The highest BCUT2D eigenvalue weighted by atomic mass is 79.9. The molecule has 8 heteroatoms. The van der Waals surface area contributed by atoms with Crippen LogP contribution in [0, 0.1) is 0 Å². The molecule has 2 heterocycles. The van der Waals surface area contributed by atoms with Gasteiger partial charge in [0.2, 0.25) is 11.8 Å². The van der Waals surface area contributed by atoms with Gasteiger partial charge in [-0.15, -0.1) is 0 Å². The largest absolute Gasteiger partial charge is 0.324 e. The Kier molecular flexibility index (Phi) is 6.04. The summed E-state index contributed by atoms with van der Waals surface area (Å²) in [7, 11) is 0. The third kappa shape index (κ3) is 4.65. The van der Waals surface area contributed by atoms with Crippen LogP contribution in [0.15, 0.2) is 76.6 Å². The minimum absolute atomic E-state index is 0.0860. The molecule has 0 saturated heterocycles. The van der Waals surface area contributed by atoms with Crippen LogP contribution in [0.25, 0.3) is 5.69 Å². The first-order chi connectivity index (χ1) is 14.6. The maximum atomic E-state index is 12.5. The molecule has 0 bridgehead atoms. The molecular formula is C22H20BrN5O2. The quantitative estimate of drug-likeness (QED) is 0.597. The summed E-state index contributed by atoms with van der Waals surface area (Å²) in [5, 5.41) is 13.0. The van der Waals surface area contributed by atoms with Crippen LogP contribution in [0.3, 0.4) is 0 Å². The van der Waals surface area contributed by atoms with Crippen LogP contribution < -0.4 is 5.32 Å². The van der Waals surface area contributed by atoms with E-state index in [1.807, 2.05) is 60.8 Å². The maximum absolute atomic E-state index is 12.5. The zero-order valence-corrected chi connectivity index (χ0v) is 17.7. The van der Waals surface area contributed by atoms with Crippen LogP contribution in [-0.4, -0.2) is 38.9 Å². The van der Waals surface area contributed by atoms with Gasteiger partial charge in [-0.05, 0) is 33.6 Å². The molecule has 0 fully saturated rings. The average Bonchev–Trinajstić information content (AvgIpc) is 3.43. The lowest BCUT2D eigenvalue weighted by Crippen LogP contribution is -2.25. The molecular weight excluding hydrogens is 446 g/mol. The molecule has 0 spiro atoms. The first-order valence-corrected chi connectivity index (χ1v) is 10.4. The summed E-state index contributed by atoms with van der Waals surface area (Å²) in [5.74, 6) is -0.381. The first-order valence-electron chi connectivity index (χ1n) is 9.63. The summed E-state index contributed by atoms with van der Waals surface area (Å²) in [6.07, 6.45) is 4.39. The molecule has 1 aliphatic heterocycles. The molecule has 1 aromatic heterocycles. The van der Waals surface area contributed by atoms with Crippen molar-refractivity contribution in [3.63, 3.8) is 0 Å². The van der Waals surface area contributed by atoms with Crippen molar-refractivity contribution >= 4 is 39.1 Å². The SMILES string of the molecule is O=C(CCC(=O)N1CCC(c2ccccc2)=N1)Nc1ccccc1-n1cc(Br)cn1. The van der Waals surface area contributed by atoms with Crippen molar-refractivity contribution in [1.82, 2.24) is 14.8 Å². The number of nitrogens with one attached hydrogen (secondary N) is 1. The second-order valence-electron chi connectivity index (χ2n) is 6.85. The number of halogens is 1.